The van der Waals surface area contributed by atoms with Crippen molar-refractivity contribution in [3.05, 3.63) is 12.2 Å². The highest BCUT2D eigenvalue weighted by atomic mass is 32.2. The number of nitrogens with zero attached hydrogens (tertiary/aromatic N) is 2. The molecule has 0 aliphatic rings. The number of esters is 1. The van der Waals surface area contributed by atoms with Crippen molar-refractivity contribution < 1.29 is 19.1 Å². The van der Waals surface area contributed by atoms with Crippen LogP contribution in [0.3, 0.4) is 0 Å². The molecule has 0 aromatic heterocycles. The van der Waals surface area contributed by atoms with Gasteiger partial charge in [0.15, 0.2) is 0 Å². The summed E-state index contributed by atoms with van der Waals surface area (Å²) in [5, 5.41) is 0.133. The quantitative estimate of drug-likeness (QED) is 0.0801. The molecular formula is C26H48N2O4S. The van der Waals surface area contributed by atoms with Crippen LogP contribution >= 0.6 is 11.8 Å². The number of unbranched alkanes of at least 4 members (excludes halogenated alkanes) is 9. The molecule has 0 aliphatic heterocycles. The number of hydrogen-bond acceptors (Lipinski definition) is 6. The summed E-state index contributed by atoms with van der Waals surface area (Å²) in [6.45, 7) is 4.90. The number of aldehydes is 1. The standard InChI is InChI=1S/C26H48N2O4S/c1-4-5-6-7-8-11-17-23-32-25(30)18-13-12-15-20-28(19-14-9-10-16-22-29)26(31)33-24-21-27(2)3/h11,17,22H,4-10,12-16,18-21,23-24H2,1-3H3/b17-11-. The molecule has 0 atom stereocenters. The molecule has 0 unspecified atom stereocenters. The minimum absolute atomic E-state index is 0.133. The van der Waals surface area contributed by atoms with Gasteiger partial charge in [0.25, 0.3) is 5.24 Å². The normalized spacial score (nSPS) is 11.3. The predicted molar refractivity (Wildman–Crippen MR) is 140 cm³/mol. The van der Waals surface area contributed by atoms with Gasteiger partial charge >= 0.3 is 5.97 Å². The number of carbonyl (C=O) groups is 3. The van der Waals surface area contributed by atoms with Crippen LogP contribution in [0.25, 0.3) is 0 Å². The molecule has 0 heterocycles. The monoisotopic (exact) mass is 484 g/mol. The molecule has 0 bridgehead atoms. The van der Waals surface area contributed by atoms with Crippen LogP contribution in [0.2, 0.25) is 0 Å². The lowest BCUT2D eigenvalue weighted by atomic mass is 10.1. The highest BCUT2D eigenvalue weighted by Crippen LogP contribution is 2.13. The van der Waals surface area contributed by atoms with E-state index in [-0.39, 0.29) is 11.2 Å². The van der Waals surface area contributed by atoms with Crippen LogP contribution < -0.4 is 0 Å². The van der Waals surface area contributed by atoms with Crippen LogP contribution in [-0.4, -0.2) is 73.4 Å². The molecule has 0 saturated heterocycles. The zero-order valence-electron chi connectivity index (χ0n) is 21.4. The van der Waals surface area contributed by atoms with E-state index in [0.29, 0.717) is 19.4 Å². The van der Waals surface area contributed by atoms with Crippen molar-refractivity contribution >= 4 is 29.3 Å². The molecule has 0 fully saturated rings. The summed E-state index contributed by atoms with van der Waals surface area (Å²) in [5.41, 5.74) is 0. The van der Waals surface area contributed by atoms with Gasteiger partial charge in [-0.2, -0.15) is 0 Å². The Morgan fingerprint density at radius 1 is 0.818 bits per heavy atom. The second kappa shape index (κ2) is 23.8. The van der Waals surface area contributed by atoms with Gasteiger partial charge in [0.05, 0.1) is 0 Å². The molecule has 0 saturated carbocycles. The summed E-state index contributed by atoms with van der Waals surface area (Å²) in [7, 11) is 4.01. The number of ether oxygens (including phenoxy) is 1. The Labute approximate surface area is 206 Å². The molecule has 6 nitrogen and oxygen atoms in total. The van der Waals surface area contributed by atoms with Gasteiger partial charge < -0.3 is 19.3 Å². The van der Waals surface area contributed by atoms with E-state index >= 15 is 0 Å². The smallest absolute Gasteiger partial charge is 0.306 e. The van der Waals surface area contributed by atoms with E-state index in [2.05, 4.69) is 17.9 Å². The third-order valence-electron chi connectivity index (χ3n) is 5.31. The average molecular weight is 485 g/mol. The van der Waals surface area contributed by atoms with Crippen molar-refractivity contribution in [3.8, 4) is 0 Å². The van der Waals surface area contributed by atoms with E-state index in [1.807, 2.05) is 25.1 Å². The van der Waals surface area contributed by atoms with Crippen molar-refractivity contribution in [1.29, 1.82) is 0 Å². The second-order valence-electron chi connectivity index (χ2n) is 8.74. The predicted octanol–water partition coefficient (Wildman–Crippen LogP) is 6.09. The highest BCUT2D eigenvalue weighted by molar-refractivity contribution is 8.13. The number of allylic oxidation sites excluding steroid dienone is 1. The Morgan fingerprint density at radius 3 is 2.15 bits per heavy atom. The fourth-order valence-corrected chi connectivity index (χ4v) is 4.24. The van der Waals surface area contributed by atoms with Gasteiger partial charge in [-0.3, -0.25) is 9.59 Å². The third kappa shape index (κ3) is 22.2. The molecular weight excluding hydrogens is 436 g/mol. The maximum atomic E-state index is 12.6. The molecule has 33 heavy (non-hydrogen) atoms. The minimum Gasteiger partial charge on any atom is -0.461 e. The van der Waals surface area contributed by atoms with Crippen molar-refractivity contribution in [1.82, 2.24) is 9.80 Å². The topological polar surface area (TPSA) is 66.9 Å². The van der Waals surface area contributed by atoms with Gasteiger partial charge in [-0.05, 0) is 52.6 Å². The molecule has 0 spiro atoms. The summed E-state index contributed by atoms with van der Waals surface area (Å²) >= 11 is 1.38. The van der Waals surface area contributed by atoms with Crippen molar-refractivity contribution in [2.75, 3.05) is 46.1 Å². The first kappa shape index (κ1) is 31.7. The molecule has 0 aromatic rings. The van der Waals surface area contributed by atoms with E-state index in [1.165, 1.54) is 37.4 Å². The second-order valence-corrected chi connectivity index (χ2v) is 9.78. The zero-order chi connectivity index (χ0) is 24.6. The van der Waals surface area contributed by atoms with Gasteiger partial charge in [0, 0.05) is 38.2 Å². The number of hydrogen-bond donors (Lipinski definition) is 0. The Balaban J connectivity index is 4.03. The first-order chi connectivity index (χ1) is 16.0. The molecule has 7 heteroatoms. The van der Waals surface area contributed by atoms with Crippen LogP contribution in [0.4, 0.5) is 4.79 Å². The molecule has 0 aromatic carbocycles. The fraction of sp³-hybridized carbons (Fsp3) is 0.808. The maximum absolute atomic E-state index is 12.6. The lowest BCUT2D eigenvalue weighted by molar-refractivity contribution is -0.142. The van der Waals surface area contributed by atoms with E-state index in [0.717, 1.165) is 76.6 Å². The van der Waals surface area contributed by atoms with Crippen LogP contribution in [0.1, 0.15) is 90.4 Å². The van der Waals surface area contributed by atoms with Crippen LogP contribution in [-0.2, 0) is 14.3 Å². The summed E-state index contributed by atoms with van der Waals surface area (Å²) in [6, 6.07) is 0. The molecule has 0 rings (SSSR count). The van der Waals surface area contributed by atoms with Crippen molar-refractivity contribution in [2.24, 2.45) is 0 Å². The molecule has 0 aliphatic carbocycles. The van der Waals surface area contributed by atoms with E-state index < -0.39 is 0 Å². The number of amides is 1. The van der Waals surface area contributed by atoms with Crippen LogP contribution in [0, 0.1) is 0 Å². The first-order valence-corrected chi connectivity index (χ1v) is 13.8. The largest absolute Gasteiger partial charge is 0.461 e. The summed E-state index contributed by atoms with van der Waals surface area (Å²) in [5.74, 6) is 0.639. The average Bonchev–Trinajstić information content (AvgIpc) is 2.78. The number of rotatable bonds is 22. The van der Waals surface area contributed by atoms with Crippen LogP contribution in [0.15, 0.2) is 12.2 Å². The molecule has 0 radical (unpaired) electrons. The van der Waals surface area contributed by atoms with Gasteiger partial charge in [-0.15, -0.1) is 0 Å². The Bertz CT molecular complexity index is 526. The lowest BCUT2D eigenvalue weighted by Crippen LogP contribution is -2.30. The van der Waals surface area contributed by atoms with E-state index in [1.54, 1.807) is 0 Å². The zero-order valence-corrected chi connectivity index (χ0v) is 22.2. The van der Waals surface area contributed by atoms with Gasteiger partial charge in [-0.1, -0.05) is 62.9 Å². The minimum atomic E-state index is -0.145. The molecule has 0 N–H and O–H groups in total. The maximum Gasteiger partial charge on any atom is 0.306 e. The summed E-state index contributed by atoms with van der Waals surface area (Å²) < 4.78 is 5.26. The van der Waals surface area contributed by atoms with Gasteiger partial charge in [0.1, 0.15) is 12.9 Å². The lowest BCUT2D eigenvalue weighted by Gasteiger charge is -2.22. The summed E-state index contributed by atoms with van der Waals surface area (Å²) in [6.07, 6.45) is 17.4. The Kier molecular flexibility index (Phi) is 22.8. The summed E-state index contributed by atoms with van der Waals surface area (Å²) in [4.78, 5) is 38.9. The fourth-order valence-electron chi connectivity index (χ4n) is 3.25. The molecule has 1 amide bonds. The highest BCUT2D eigenvalue weighted by Gasteiger charge is 2.14. The van der Waals surface area contributed by atoms with Gasteiger partial charge in [-0.25, -0.2) is 0 Å². The Hall–Kier alpha value is -1.34. The third-order valence-corrected chi connectivity index (χ3v) is 6.20. The number of thioether (sulfide) groups is 1. The SMILES string of the molecule is CCCCCC/C=C\COC(=O)CCCCCN(CCCCCC=O)C(=O)SCCN(C)C. The van der Waals surface area contributed by atoms with E-state index in [9.17, 15) is 14.4 Å². The van der Waals surface area contributed by atoms with Crippen molar-refractivity contribution in [2.45, 2.75) is 90.4 Å². The van der Waals surface area contributed by atoms with Gasteiger partial charge in [0.2, 0.25) is 0 Å². The van der Waals surface area contributed by atoms with Crippen LogP contribution in [0.5, 0.6) is 0 Å². The first-order valence-electron chi connectivity index (χ1n) is 12.8. The molecule has 192 valence electrons. The Morgan fingerprint density at radius 2 is 1.48 bits per heavy atom. The van der Waals surface area contributed by atoms with E-state index in [4.69, 9.17) is 4.74 Å². The number of carbonyl (C=O) groups excluding carboxylic acids is 3. The van der Waals surface area contributed by atoms with Crippen molar-refractivity contribution in [3.63, 3.8) is 0 Å².